The van der Waals surface area contributed by atoms with Gasteiger partial charge in [0.1, 0.15) is 0 Å². The van der Waals surface area contributed by atoms with E-state index in [0.717, 1.165) is 25.0 Å². The van der Waals surface area contributed by atoms with Gasteiger partial charge >= 0.3 is 35.5 Å². The van der Waals surface area contributed by atoms with Crippen LogP contribution in [0.4, 0.5) is 0 Å². The van der Waals surface area contributed by atoms with Crippen LogP contribution in [-0.4, -0.2) is 17.2 Å². The topological polar surface area (TPSA) is 46.5 Å². The summed E-state index contributed by atoms with van der Waals surface area (Å²) in [5.41, 5.74) is 0. The van der Waals surface area contributed by atoms with E-state index in [9.17, 15) is 4.79 Å². The molecule has 0 bridgehead atoms. The van der Waals surface area contributed by atoms with Gasteiger partial charge in [0.25, 0.3) is 0 Å². The second-order valence-corrected chi connectivity index (χ2v) is 4.67. The molecule has 0 amide bonds. The molecule has 0 saturated carbocycles. The quantitative estimate of drug-likeness (QED) is 0.695. The number of hydrogen-bond donors (Lipinski definition) is 1. The first kappa shape index (κ1) is 16.0. The second kappa shape index (κ2) is 7.36. The molecule has 88 valence electrons. The number of carbonyl (C=O) groups is 1. The molecule has 1 N–H and O–H groups in total. The third-order valence-corrected chi connectivity index (χ3v) is 2.76. The van der Waals surface area contributed by atoms with E-state index in [1.165, 1.54) is 0 Å². The van der Waals surface area contributed by atoms with Gasteiger partial charge in [0.05, 0.1) is 5.76 Å². The van der Waals surface area contributed by atoms with Gasteiger partial charge in [0.2, 0.25) is 0 Å². The molecule has 0 saturated heterocycles. The standard InChI is InChI=1S/C12H20O3.Na.H/c1-8(2)11(12(13)14)15-10-6-4-9(3)5-7-10;;/h6,8-9,11H,4-5,7H2,1-3H3,(H,13,14);;/q;+1;-1. The molecule has 0 aromatic carbocycles. The Morgan fingerprint density at radius 3 is 2.62 bits per heavy atom. The number of carboxylic acids is 1. The zero-order valence-electron chi connectivity index (χ0n) is 11.7. The molecule has 16 heavy (non-hydrogen) atoms. The van der Waals surface area contributed by atoms with Crippen molar-refractivity contribution in [1.82, 2.24) is 0 Å². The Hall–Kier alpha value is 0.0100. The first-order valence-corrected chi connectivity index (χ1v) is 5.59. The van der Waals surface area contributed by atoms with E-state index in [-0.39, 0.29) is 36.9 Å². The Balaban J connectivity index is 0. The molecule has 0 aromatic heterocycles. The molecule has 0 aliphatic heterocycles. The number of allylic oxidation sites excluding steroid dienone is 2. The van der Waals surface area contributed by atoms with E-state index in [1.807, 2.05) is 19.9 Å². The SMILES string of the molecule is CC1CC=C(OC(C(=O)O)C(C)C)CC1.[H-].[Na+]. The van der Waals surface area contributed by atoms with Gasteiger partial charge in [0.15, 0.2) is 6.10 Å². The Morgan fingerprint density at radius 2 is 2.25 bits per heavy atom. The van der Waals surface area contributed by atoms with Gasteiger partial charge in [-0.25, -0.2) is 4.79 Å². The summed E-state index contributed by atoms with van der Waals surface area (Å²) in [7, 11) is 0. The Bertz CT molecular complexity index is 266. The predicted octanol–water partition coefficient (Wildman–Crippen LogP) is -0.0674. The summed E-state index contributed by atoms with van der Waals surface area (Å²) >= 11 is 0. The number of rotatable bonds is 4. The molecule has 4 heteroatoms. The van der Waals surface area contributed by atoms with Crippen LogP contribution in [0.3, 0.4) is 0 Å². The molecule has 1 rings (SSSR count). The van der Waals surface area contributed by atoms with E-state index < -0.39 is 12.1 Å². The van der Waals surface area contributed by atoms with Gasteiger partial charge in [-0.2, -0.15) is 0 Å². The van der Waals surface area contributed by atoms with Crippen LogP contribution in [0, 0.1) is 11.8 Å². The second-order valence-electron chi connectivity index (χ2n) is 4.67. The number of carboxylic acid groups (broad SMARTS) is 1. The van der Waals surface area contributed by atoms with Crippen molar-refractivity contribution in [3.8, 4) is 0 Å². The third-order valence-electron chi connectivity index (χ3n) is 2.76. The predicted molar refractivity (Wildman–Crippen MR) is 59.6 cm³/mol. The van der Waals surface area contributed by atoms with Crippen molar-refractivity contribution in [2.75, 3.05) is 0 Å². The molecule has 0 radical (unpaired) electrons. The average molecular weight is 236 g/mol. The molecule has 0 aromatic rings. The van der Waals surface area contributed by atoms with Crippen molar-refractivity contribution in [3.63, 3.8) is 0 Å². The van der Waals surface area contributed by atoms with E-state index >= 15 is 0 Å². The summed E-state index contributed by atoms with van der Waals surface area (Å²) in [6.45, 7) is 5.93. The zero-order valence-corrected chi connectivity index (χ0v) is 12.7. The minimum atomic E-state index is -0.871. The molecule has 0 spiro atoms. The van der Waals surface area contributed by atoms with Gasteiger partial charge in [-0.05, 0) is 24.8 Å². The normalized spacial score (nSPS) is 22.0. The number of aliphatic carboxylic acids is 1. The Labute approximate surface area is 121 Å². The average Bonchev–Trinajstić information content (AvgIpc) is 2.15. The first-order valence-electron chi connectivity index (χ1n) is 5.59. The largest absolute Gasteiger partial charge is 1.00 e. The van der Waals surface area contributed by atoms with Crippen LogP contribution in [0.1, 0.15) is 41.5 Å². The Morgan fingerprint density at radius 1 is 1.62 bits per heavy atom. The summed E-state index contributed by atoms with van der Waals surface area (Å²) in [4.78, 5) is 10.9. The van der Waals surface area contributed by atoms with Crippen LogP contribution in [0.25, 0.3) is 0 Å². The van der Waals surface area contributed by atoms with Crippen molar-refractivity contribution in [1.29, 1.82) is 0 Å². The molecule has 2 unspecified atom stereocenters. The van der Waals surface area contributed by atoms with Crippen LogP contribution in [-0.2, 0) is 9.53 Å². The smallest absolute Gasteiger partial charge is 1.00 e. The number of ether oxygens (including phenoxy) is 1. The number of hydrogen-bond acceptors (Lipinski definition) is 2. The first-order chi connectivity index (χ1) is 7.00. The van der Waals surface area contributed by atoms with Crippen molar-refractivity contribution in [3.05, 3.63) is 11.8 Å². The van der Waals surface area contributed by atoms with E-state index in [0.29, 0.717) is 5.92 Å². The van der Waals surface area contributed by atoms with Crippen LogP contribution in [0.15, 0.2) is 11.8 Å². The van der Waals surface area contributed by atoms with Crippen molar-refractivity contribution in [2.24, 2.45) is 11.8 Å². The maximum atomic E-state index is 10.9. The van der Waals surface area contributed by atoms with E-state index in [2.05, 4.69) is 6.92 Å². The molecular formula is C12H21NaO3. The van der Waals surface area contributed by atoms with Gasteiger partial charge in [0, 0.05) is 12.3 Å². The summed E-state index contributed by atoms with van der Waals surface area (Å²) in [5, 5.41) is 8.97. The molecule has 1 aliphatic rings. The maximum absolute atomic E-state index is 10.9. The van der Waals surface area contributed by atoms with Crippen LogP contribution in [0.2, 0.25) is 0 Å². The fraction of sp³-hybridized carbons (Fsp3) is 0.750. The molecule has 0 heterocycles. The summed E-state index contributed by atoms with van der Waals surface area (Å²) in [6.07, 6.45) is 4.30. The van der Waals surface area contributed by atoms with Gasteiger partial charge < -0.3 is 11.3 Å². The van der Waals surface area contributed by atoms with Gasteiger partial charge in [-0.1, -0.05) is 20.8 Å². The monoisotopic (exact) mass is 236 g/mol. The maximum Gasteiger partial charge on any atom is 1.00 e. The minimum absolute atomic E-state index is 0. The summed E-state index contributed by atoms with van der Waals surface area (Å²) in [5.74, 6) is 0.682. The fourth-order valence-electron chi connectivity index (χ4n) is 1.68. The van der Waals surface area contributed by atoms with E-state index in [1.54, 1.807) is 0 Å². The Kier molecular flexibility index (Phi) is 7.36. The van der Waals surface area contributed by atoms with Crippen molar-refractivity contribution in [2.45, 2.75) is 46.1 Å². The van der Waals surface area contributed by atoms with Crippen molar-refractivity contribution < 1.29 is 45.6 Å². The van der Waals surface area contributed by atoms with Crippen LogP contribution < -0.4 is 29.6 Å². The minimum Gasteiger partial charge on any atom is -1.00 e. The molecular weight excluding hydrogens is 215 g/mol. The zero-order chi connectivity index (χ0) is 11.4. The molecule has 3 nitrogen and oxygen atoms in total. The van der Waals surface area contributed by atoms with Crippen LogP contribution in [0.5, 0.6) is 0 Å². The third kappa shape index (κ3) is 4.89. The fourth-order valence-corrected chi connectivity index (χ4v) is 1.68. The molecule has 1 aliphatic carbocycles. The van der Waals surface area contributed by atoms with Crippen molar-refractivity contribution >= 4 is 5.97 Å². The molecule has 2 atom stereocenters. The summed E-state index contributed by atoms with van der Waals surface area (Å²) in [6, 6.07) is 0. The summed E-state index contributed by atoms with van der Waals surface area (Å²) < 4.78 is 5.52. The van der Waals surface area contributed by atoms with Crippen LogP contribution >= 0.6 is 0 Å². The van der Waals surface area contributed by atoms with Gasteiger partial charge in [-0.3, -0.25) is 0 Å². The van der Waals surface area contributed by atoms with E-state index in [4.69, 9.17) is 9.84 Å². The molecule has 0 fully saturated rings. The van der Waals surface area contributed by atoms with Gasteiger partial charge in [-0.15, -0.1) is 0 Å².